The lowest BCUT2D eigenvalue weighted by molar-refractivity contribution is 0.0134. The predicted molar refractivity (Wildman–Crippen MR) is 66.7 cm³/mol. The first kappa shape index (κ1) is 11.0. The molecule has 2 rings (SSSR count). The minimum atomic E-state index is 0.570. The molecule has 0 N–H and O–H groups in total. The van der Waals surface area contributed by atoms with Gasteiger partial charge in [-0.05, 0) is 56.8 Å². The van der Waals surface area contributed by atoms with Crippen molar-refractivity contribution in [1.29, 1.82) is 0 Å². The maximum atomic E-state index is 2.49. The third-order valence-electron chi connectivity index (χ3n) is 4.55. The van der Waals surface area contributed by atoms with Crippen molar-refractivity contribution in [2.75, 3.05) is 0 Å². The van der Waals surface area contributed by atoms with Gasteiger partial charge in [0.25, 0.3) is 0 Å². The first-order valence-corrected chi connectivity index (χ1v) is 6.33. The van der Waals surface area contributed by atoms with Crippen LogP contribution in [0.5, 0.6) is 0 Å². The first-order chi connectivity index (χ1) is 7.00. The highest BCUT2D eigenvalue weighted by molar-refractivity contribution is 5.18. The van der Waals surface area contributed by atoms with Gasteiger partial charge in [0.1, 0.15) is 0 Å². The van der Waals surface area contributed by atoms with E-state index in [2.05, 4.69) is 39.8 Å². The Kier molecular flexibility index (Phi) is 2.79. The fourth-order valence-electron chi connectivity index (χ4n) is 3.32. The molecule has 1 saturated carbocycles. The van der Waals surface area contributed by atoms with Crippen LogP contribution < -0.4 is 0 Å². The summed E-state index contributed by atoms with van der Waals surface area (Å²) in [4.78, 5) is 0. The van der Waals surface area contributed by atoms with Crippen molar-refractivity contribution in [3.63, 3.8) is 0 Å². The maximum absolute atomic E-state index is 2.49. The molecule has 0 radical (unpaired) electrons. The number of allylic oxidation sites excluding steroid dienone is 4. The lowest BCUT2D eigenvalue weighted by Gasteiger charge is -2.52. The molecule has 0 heteroatoms. The van der Waals surface area contributed by atoms with Crippen LogP contribution >= 0.6 is 0 Å². The van der Waals surface area contributed by atoms with Crippen LogP contribution in [0.1, 0.15) is 53.4 Å². The van der Waals surface area contributed by atoms with Crippen LogP contribution in [0.4, 0.5) is 0 Å². The van der Waals surface area contributed by atoms with E-state index < -0.39 is 0 Å². The summed E-state index contributed by atoms with van der Waals surface area (Å²) in [6.45, 7) is 9.49. The molecule has 0 amide bonds. The zero-order valence-electron chi connectivity index (χ0n) is 10.6. The SMILES string of the molecule is C/C1=C/CC2C(CC2(C)C)/C(C)=C\CC1. The van der Waals surface area contributed by atoms with E-state index >= 15 is 0 Å². The van der Waals surface area contributed by atoms with E-state index in [0.717, 1.165) is 11.8 Å². The molecule has 2 aliphatic carbocycles. The molecule has 15 heavy (non-hydrogen) atoms. The number of hydrogen-bond donors (Lipinski definition) is 0. The van der Waals surface area contributed by atoms with Gasteiger partial charge in [-0.15, -0.1) is 0 Å². The molecule has 0 aromatic rings. The molecule has 2 aliphatic rings. The fourth-order valence-corrected chi connectivity index (χ4v) is 3.32. The highest BCUT2D eigenvalue weighted by Gasteiger charge is 2.46. The highest BCUT2D eigenvalue weighted by Crippen LogP contribution is 2.55. The first-order valence-electron chi connectivity index (χ1n) is 6.33. The molecule has 0 aromatic carbocycles. The van der Waals surface area contributed by atoms with Crippen LogP contribution in [0, 0.1) is 17.3 Å². The van der Waals surface area contributed by atoms with E-state index in [1.807, 2.05) is 0 Å². The molecule has 1 fully saturated rings. The number of hydrogen-bond acceptors (Lipinski definition) is 0. The molecular formula is C15H24. The van der Waals surface area contributed by atoms with Gasteiger partial charge in [-0.1, -0.05) is 37.1 Å². The molecule has 84 valence electrons. The molecule has 2 unspecified atom stereocenters. The second-order valence-corrected chi connectivity index (χ2v) is 6.18. The van der Waals surface area contributed by atoms with E-state index in [1.54, 1.807) is 11.1 Å². The summed E-state index contributed by atoms with van der Waals surface area (Å²) in [5.41, 5.74) is 3.81. The fraction of sp³-hybridized carbons (Fsp3) is 0.733. The summed E-state index contributed by atoms with van der Waals surface area (Å²) in [6, 6.07) is 0. The molecule has 0 spiro atoms. The zero-order valence-corrected chi connectivity index (χ0v) is 10.6. The summed E-state index contributed by atoms with van der Waals surface area (Å²) in [7, 11) is 0. The summed E-state index contributed by atoms with van der Waals surface area (Å²) in [5, 5.41) is 0. The van der Waals surface area contributed by atoms with E-state index in [4.69, 9.17) is 0 Å². The number of fused-ring (bicyclic) bond motifs is 1. The molecule has 0 saturated heterocycles. The minimum absolute atomic E-state index is 0.570. The van der Waals surface area contributed by atoms with Crippen molar-refractivity contribution in [3.05, 3.63) is 23.3 Å². The predicted octanol–water partition coefficient (Wildman–Crippen LogP) is 4.73. The molecule has 0 aromatic heterocycles. The Balaban J connectivity index is 2.20. The van der Waals surface area contributed by atoms with E-state index in [9.17, 15) is 0 Å². The van der Waals surface area contributed by atoms with E-state index in [0.29, 0.717) is 5.41 Å². The smallest absolute Gasteiger partial charge is 0.0164 e. The maximum Gasteiger partial charge on any atom is -0.0164 e. The summed E-state index contributed by atoms with van der Waals surface area (Å²) in [5.74, 6) is 1.77. The van der Waals surface area contributed by atoms with E-state index in [1.165, 1.54) is 25.7 Å². The van der Waals surface area contributed by atoms with Crippen LogP contribution in [-0.2, 0) is 0 Å². The van der Waals surface area contributed by atoms with Gasteiger partial charge in [0.05, 0.1) is 0 Å². The van der Waals surface area contributed by atoms with Gasteiger partial charge in [-0.25, -0.2) is 0 Å². The van der Waals surface area contributed by atoms with Gasteiger partial charge >= 0.3 is 0 Å². The van der Waals surface area contributed by atoms with Crippen molar-refractivity contribution in [3.8, 4) is 0 Å². The summed E-state index contributed by atoms with van der Waals surface area (Å²) >= 11 is 0. The lowest BCUT2D eigenvalue weighted by Crippen LogP contribution is -2.44. The molecular weight excluding hydrogens is 180 g/mol. The average molecular weight is 204 g/mol. The molecule has 0 nitrogen and oxygen atoms in total. The van der Waals surface area contributed by atoms with Crippen molar-refractivity contribution in [2.45, 2.75) is 53.4 Å². The van der Waals surface area contributed by atoms with Crippen molar-refractivity contribution in [2.24, 2.45) is 17.3 Å². The highest BCUT2D eigenvalue weighted by atomic mass is 14.5. The average Bonchev–Trinajstić information content (AvgIpc) is 2.18. The molecule has 0 bridgehead atoms. The second-order valence-electron chi connectivity index (χ2n) is 6.18. The van der Waals surface area contributed by atoms with Gasteiger partial charge in [-0.2, -0.15) is 0 Å². The Morgan fingerprint density at radius 2 is 1.93 bits per heavy atom. The topological polar surface area (TPSA) is 0 Å². The summed E-state index contributed by atoms with van der Waals surface area (Å²) in [6.07, 6.45) is 10.2. The quantitative estimate of drug-likeness (QED) is 0.501. The third kappa shape index (κ3) is 2.04. The normalized spacial score (nSPS) is 41.9. The van der Waals surface area contributed by atoms with Crippen LogP contribution in [0.15, 0.2) is 23.3 Å². The largest absolute Gasteiger partial charge is 0.0853 e. The van der Waals surface area contributed by atoms with Crippen molar-refractivity contribution in [1.82, 2.24) is 0 Å². The minimum Gasteiger partial charge on any atom is -0.0853 e. The molecule has 2 atom stereocenters. The van der Waals surface area contributed by atoms with Crippen LogP contribution in [-0.4, -0.2) is 0 Å². The van der Waals surface area contributed by atoms with Crippen LogP contribution in [0.25, 0.3) is 0 Å². The Bertz CT molecular complexity index is 304. The van der Waals surface area contributed by atoms with Gasteiger partial charge in [-0.3, -0.25) is 0 Å². The Hall–Kier alpha value is -0.520. The van der Waals surface area contributed by atoms with Gasteiger partial charge in [0.15, 0.2) is 0 Å². The van der Waals surface area contributed by atoms with Crippen molar-refractivity contribution < 1.29 is 0 Å². The second kappa shape index (κ2) is 3.81. The molecule has 0 aliphatic heterocycles. The van der Waals surface area contributed by atoms with Crippen LogP contribution in [0.3, 0.4) is 0 Å². The van der Waals surface area contributed by atoms with Crippen LogP contribution in [0.2, 0.25) is 0 Å². The third-order valence-corrected chi connectivity index (χ3v) is 4.55. The zero-order chi connectivity index (χ0) is 11.1. The standard InChI is InChI=1S/C15H24/c1-11-6-5-7-12(2)13-10-15(3,4)14(13)9-8-11/h7-8,13-14H,5-6,9-10H2,1-4H3/b11-8-,12-7-. The van der Waals surface area contributed by atoms with Gasteiger partial charge in [0, 0.05) is 0 Å². The Labute approximate surface area is 94.5 Å². The lowest BCUT2D eigenvalue weighted by atomic mass is 9.53. The van der Waals surface area contributed by atoms with E-state index in [-0.39, 0.29) is 0 Å². The van der Waals surface area contributed by atoms with Crippen molar-refractivity contribution >= 4 is 0 Å². The van der Waals surface area contributed by atoms with Gasteiger partial charge in [0.2, 0.25) is 0 Å². The number of rotatable bonds is 0. The Morgan fingerprint density at radius 3 is 2.60 bits per heavy atom. The van der Waals surface area contributed by atoms with Gasteiger partial charge < -0.3 is 0 Å². The Morgan fingerprint density at radius 1 is 1.20 bits per heavy atom. The summed E-state index contributed by atoms with van der Waals surface area (Å²) < 4.78 is 0. The molecule has 0 heterocycles. The monoisotopic (exact) mass is 204 g/mol.